The van der Waals surface area contributed by atoms with Crippen LogP contribution in [-0.4, -0.2) is 35.4 Å². The first-order valence-electron chi connectivity index (χ1n) is 7.47. The summed E-state index contributed by atoms with van der Waals surface area (Å²) in [4.78, 5) is 12.0. The summed E-state index contributed by atoms with van der Waals surface area (Å²) in [5, 5.41) is 13.3. The molecule has 1 atom stereocenters. The van der Waals surface area contributed by atoms with Crippen molar-refractivity contribution in [1.29, 1.82) is 0 Å². The Bertz CT molecular complexity index is 672. The van der Waals surface area contributed by atoms with Crippen molar-refractivity contribution in [2.75, 3.05) is 18.5 Å². The summed E-state index contributed by atoms with van der Waals surface area (Å²) >= 11 is 0. The van der Waals surface area contributed by atoms with E-state index in [0.717, 1.165) is 19.4 Å². The minimum Gasteiger partial charge on any atom is -0.376 e. The van der Waals surface area contributed by atoms with Gasteiger partial charge in [0, 0.05) is 13.2 Å². The number of nitrogens with one attached hydrogen (secondary N) is 2. The molecule has 2 aromatic rings. The van der Waals surface area contributed by atoms with E-state index in [9.17, 15) is 9.18 Å². The Morgan fingerprint density at radius 2 is 2.13 bits per heavy atom. The summed E-state index contributed by atoms with van der Waals surface area (Å²) in [6, 6.07) is 9.39. The van der Waals surface area contributed by atoms with Crippen molar-refractivity contribution < 1.29 is 13.9 Å². The molecule has 3 rings (SSSR count). The second-order valence-corrected chi connectivity index (χ2v) is 5.25. The molecule has 0 radical (unpaired) electrons. The lowest BCUT2D eigenvalue weighted by Gasteiger charge is -2.10. The van der Waals surface area contributed by atoms with Gasteiger partial charge < -0.3 is 15.4 Å². The minimum atomic E-state index is -0.382. The number of carbonyl (C=O) groups is 1. The lowest BCUT2D eigenvalue weighted by molar-refractivity contribution is 0.0853. The molecule has 1 aromatic carbocycles. The monoisotopic (exact) mass is 316 g/mol. The molecule has 2 N–H and O–H groups in total. The molecule has 6 nitrogen and oxygen atoms in total. The van der Waals surface area contributed by atoms with E-state index in [1.54, 1.807) is 30.3 Å². The summed E-state index contributed by atoms with van der Waals surface area (Å²) in [6.07, 6.45) is 2.06. The molecule has 1 amide bonds. The summed E-state index contributed by atoms with van der Waals surface area (Å²) in [5.74, 6) is -0.316. The van der Waals surface area contributed by atoms with Crippen molar-refractivity contribution in [2.45, 2.75) is 18.9 Å². The van der Waals surface area contributed by atoms with E-state index < -0.39 is 0 Å². The van der Waals surface area contributed by atoms with Gasteiger partial charge in [0.15, 0.2) is 11.5 Å². The van der Waals surface area contributed by atoms with Gasteiger partial charge in [-0.1, -0.05) is 12.1 Å². The molecule has 1 aliphatic heterocycles. The highest BCUT2D eigenvalue weighted by Crippen LogP contribution is 2.17. The molecule has 2 heterocycles. The van der Waals surface area contributed by atoms with Gasteiger partial charge in [0.05, 0.1) is 11.8 Å². The van der Waals surface area contributed by atoms with Crippen LogP contribution in [0.15, 0.2) is 36.4 Å². The highest BCUT2D eigenvalue weighted by atomic mass is 19.1. The van der Waals surface area contributed by atoms with Crippen molar-refractivity contribution in [3.8, 4) is 0 Å². The Morgan fingerprint density at radius 1 is 1.26 bits per heavy atom. The lowest BCUT2D eigenvalue weighted by atomic mass is 10.2. The molecule has 0 spiro atoms. The first-order valence-corrected chi connectivity index (χ1v) is 7.47. The van der Waals surface area contributed by atoms with E-state index in [4.69, 9.17) is 4.74 Å². The van der Waals surface area contributed by atoms with Gasteiger partial charge >= 0.3 is 0 Å². The molecule has 1 fully saturated rings. The molecule has 0 aliphatic carbocycles. The first kappa shape index (κ1) is 15.4. The third kappa shape index (κ3) is 4.01. The van der Waals surface area contributed by atoms with Gasteiger partial charge in [-0.3, -0.25) is 4.79 Å². The molecule has 1 aromatic heterocycles. The van der Waals surface area contributed by atoms with Crippen LogP contribution in [-0.2, 0) is 4.74 Å². The molecule has 23 heavy (non-hydrogen) atoms. The zero-order valence-electron chi connectivity index (χ0n) is 12.5. The van der Waals surface area contributed by atoms with E-state index >= 15 is 0 Å². The second kappa shape index (κ2) is 7.15. The number of carbonyl (C=O) groups excluding carboxylic acids is 1. The highest BCUT2D eigenvalue weighted by Gasteiger charge is 2.17. The van der Waals surface area contributed by atoms with E-state index in [-0.39, 0.29) is 23.5 Å². The van der Waals surface area contributed by atoms with E-state index in [0.29, 0.717) is 18.1 Å². The Kier molecular flexibility index (Phi) is 4.77. The number of benzene rings is 1. The van der Waals surface area contributed by atoms with Crippen LogP contribution < -0.4 is 10.6 Å². The number of rotatable bonds is 5. The molecule has 1 aliphatic rings. The molecule has 7 heteroatoms. The normalized spacial score (nSPS) is 17.0. The van der Waals surface area contributed by atoms with Crippen molar-refractivity contribution in [3.63, 3.8) is 0 Å². The van der Waals surface area contributed by atoms with Crippen LogP contribution >= 0.6 is 0 Å². The maximum atomic E-state index is 13.5. The summed E-state index contributed by atoms with van der Waals surface area (Å²) in [5.41, 5.74) is 0.513. The maximum Gasteiger partial charge on any atom is 0.271 e. The summed E-state index contributed by atoms with van der Waals surface area (Å²) in [6.45, 7) is 1.21. The fourth-order valence-corrected chi connectivity index (χ4v) is 2.32. The van der Waals surface area contributed by atoms with Crippen LogP contribution in [0, 0.1) is 5.82 Å². The number of nitrogens with zero attached hydrogens (tertiary/aromatic N) is 2. The number of ether oxygens (including phenoxy) is 1. The second-order valence-electron chi connectivity index (χ2n) is 5.25. The number of hydrogen-bond donors (Lipinski definition) is 2. The van der Waals surface area contributed by atoms with E-state index in [1.807, 2.05) is 0 Å². The van der Waals surface area contributed by atoms with Gasteiger partial charge in [0.1, 0.15) is 5.82 Å². The maximum absolute atomic E-state index is 13.5. The predicted octanol–water partition coefficient (Wildman–Crippen LogP) is 2.27. The van der Waals surface area contributed by atoms with Crippen molar-refractivity contribution in [2.24, 2.45) is 0 Å². The van der Waals surface area contributed by atoms with Crippen molar-refractivity contribution >= 4 is 17.4 Å². The molecular weight excluding hydrogens is 299 g/mol. The first-order chi connectivity index (χ1) is 11.2. The zero-order chi connectivity index (χ0) is 16.1. The zero-order valence-corrected chi connectivity index (χ0v) is 12.5. The molecule has 0 saturated carbocycles. The SMILES string of the molecule is O=C(NCC1CCCO1)c1ccc(Nc2ccccc2F)nn1. The van der Waals surface area contributed by atoms with Gasteiger partial charge in [-0.05, 0) is 37.1 Å². The third-order valence-electron chi connectivity index (χ3n) is 3.55. The molecule has 120 valence electrons. The number of para-hydroxylation sites is 1. The largest absolute Gasteiger partial charge is 0.376 e. The Morgan fingerprint density at radius 3 is 2.83 bits per heavy atom. The highest BCUT2D eigenvalue weighted by molar-refractivity contribution is 5.92. The van der Waals surface area contributed by atoms with Crippen LogP contribution in [0.1, 0.15) is 23.3 Å². The van der Waals surface area contributed by atoms with Crippen LogP contribution in [0.25, 0.3) is 0 Å². The Hall–Kier alpha value is -2.54. The minimum absolute atomic E-state index is 0.0777. The average molecular weight is 316 g/mol. The van der Waals surface area contributed by atoms with Gasteiger partial charge in [-0.15, -0.1) is 10.2 Å². The smallest absolute Gasteiger partial charge is 0.271 e. The van der Waals surface area contributed by atoms with Crippen LogP contribution in [0.5, 0.6) is 0 Å². The van der Waals surface area contributed by atoms with E-state index in [2.05, 4.69) is 20.8 Å². The molecule has 0 bridgehead atoms. The van der Waals surface area contributed by atoms with E-state index in [1.165, 1.54) is 6.07 Å². The number of amides is 1. The predicted molar refractivity (Wildman–Crippen MR) is 83.0 cm³/mol. The van der Waals surface area contributed by atoms with Crippen molar-refractivity contribution in [1.82, 2.24) is 15.5 Å². The third-order valence-corrected chi connectivity index (χ3v) is 3.55. The number of halogens is 1. The summed E-state index contributed by atoms with van der Waals surface area (Å²) < 4.78 is 19.0. The fourth-order valence-electron chi connectivity index (χ4n) is 2.32. The van der Waals surface area contributed by atoms with Crippen LogP contribution in [0.3, 0.4) is 0 Å². The number of anilines is 2. The fraction of sp³-hybridized carbons (Fsp3) is 0.312. The quantitative estimate of drug-likeness (QED) is 0.885. The lowest BCUT2D eigenvalue weighted by Crippen LogP contribution is -2.32. The Balaban J connectivity index is 1.58. The molecular formula is C16H17FN4O2. The standard InChI is InChI=1S/C16H17FN4O2/c17-12-5-1-2-6-13(12)19-15-8-7-14(20-21-15)16(22)18-10-11-4-3-9-23-11/h1-2,5-8,11H,3-4,9-10H2,(H,18,22)(H,19,21). The molecule has 1 saturated heterocycles. The van der Waals surface area contributed by atoms with Crippen LogP contribution in [0.4, 0.5) is 15.9 Å². The number of aromatic nitrogens is 2. The van der Waals surface area contributed by atoms with Gasteiger partial charge in [0.25, 0.3) is 5.91 Å². The average Bonchev–Trinajstić information content (AvgIpc) is 3.09. The van der Waals surface area contributed by atoms with Gasteiger partial charge in [-0.25, -0.2) is 4.39 Å². The summed E-state index contributed by atoms with van der Waals surface area (Å²) in [7, 11) is 0. The topological polar surface area (TPSA) is 76.1 Å². The molecule has 1 unspecified atom stereocenters. The van der Waals surface area contributed by atoms with Gasteiger partial charge in [-0.2, -0.15) is 0 Å². The van der Waals surface area contributed by atoms with Gasteiger partial charge in [0.2, 0.25) is 0 Å². The Labute approximate surface area is 133 Å². The van der Waals surface area contributed by atoms with Crippen LogP contribution in [0.2, 0.25) is 0 Å². The number of hydrogen-bond acceptors (Lipinski definition) is 5. The van der Waals surface area contributed by atoms with Crippen molar-refractivity contribution in [3.05, 3.63) is 47.9 Å².